The minimum absolute atomic E-state index is 0.170. The molecule has 11 heteroatoms. The first kappa shape index (κ1) is 19.2. The Balaban J connectivity index is 1.56. The summed E-state index contributed by atoms with van der Waals surface area (Å²) in [6.45, 7) is 1.16. The summed E-state index contributed by atoms with van der Waals surface area (Å²) in [6.07, 6.45) is -4.27. The fraction of sp³-hybridized carbons (Fsp3) is 0.444. The lowest BCUT2D eigenvalue weighted by Crippen LogP contribution is -2.44. The second kappa shape index (κ2) is 7.04. The van der Waals surface area contributed by atoms with Crippen LogP contribution in [0.2, 0.25) is 0 Å². The molecule has 29 heavy (non-hydrogen) atoms. The Morgan fingerprint density at radius 3 is 2.59 bits per heavy atom. The molecule has 0 aromatic carbocycles. The van der Waals surface area contributed by atoms with Gasteiger partial charge in [-0.3, -0.25) is 9.89 Å². The van der Waals surface area contributed by atoms with Crippen molar-refractivity contribution in [1.82, 2.24) is 15.2 Å². The molecule has 2 aromatic heterocycles. The zero-order valence-electron chi connectivity index (χ0n) is 15.1. The number of carbonyl (C=O) groups excluding carboxylic acids is 1. The van der Waals surface area contributed by atoms with Crippen molar-refractivity contribution in [1.29, 1.82) is 5.26 Å². The molecule has 0 spiro atoms. The van der Waals surface area contributed by atoms with E-state index in [1.54, 1.807) is 18.3 Å². The molecule has 0 aliphatic carbocycles. The van der Waals surface area contributed by atoms with Crippen molar-refractivity contribution in [3.05, 3.63) is 35.3 Å². The van der Waals surface area contributed by atoms with Gasteiger partial charge in [0.05, 0.1) is 11.9 Å². The van der Waals surface area contributed by atoms with Gasteiger partial charge < -0.3 is 15.3 Å². The first-order valence-electron chi connectivity index (χ1n) is 9.04. The van der Waals surface area contributed by atoms with E-state index in [4.69, 9.17) is 5.26 Å². The highest BCUT2D eigenvalue weighted by molar-refractivity contribution is 5.97. The topological polar surface area (TPSA) is 118 Å². The molecule has 1 saturated heterocycles. The number of pyridine rings is 1. The summed E-state index contributed by atoms with van der Waals surface area (Å²) in [5, 5.41) is 27.5. The number of halogens is 3. The first-order valence-corrected chi connectivity index (χ1v) is 9.04. The number of rotatable bonds is 2. The summed E-state index contributed by atoms with van der Waals surface area (Å²) in [6, 6.07) is 5.35. The van der Waals surface area contributed by atoms with Gasteiger partial charge in [0.15, 0.2) is 5.82 Å². The van der Waals surface area contributed by atoms with Gasteiger partial charge in [0.25, 0.3) is 5.91 Å². The third-order valence-electron chi connectivity index (χ3n) is 5.45. The number of nitrogens with one attached hydrogen (secondary N) is 2. The molecule has 0 bridgehead atoms. The quantitative estimate of drug-likeness (QED) is 0.702. The zero-order valence-corrected chi connectivity index (χ0v) is 15.1. The number of H-pyrrole nitrogens is 1. The van der Waals surface area contributed by atoms with Gasteiger partial charge in [0.2, 0.25) is 0 Å². The predicted octanol–water partition coefficient (Wildman–Crippen LogP) is 2.02. The molecule has 3 N–H and O–H groups in total. The lowest BCUT2D eigenvalue weighted by molar-refractivity contribution is -0.177. The lowest BCUT2D eigenvalue weighted by Gasteiger charge is -2.35. The number of anilines is 2. The van der Waals surface area contributed by atoms with Gasteiger partial charge in [-0.25, -0.2) is 4.98 Å². The van der Waals surface area contributed by atoms with Crippen LogP contribution in [0.5, 0.6) is 0 Å². The van der Waals surface area contributed by atoms with Crippen LogP contribution >= 0.6 is 0 Å². The Bertz CT molecular complexity index is 957. The fourth-order valence-electron chi connectivity index (χ4n) is 3.99. The number of amides is 1. The van der Waals surface area contributed by atoms with Crippen LogP contribution in [-0.2, 0) is 4.79 Å². The summed E-state index contributed by atoms with van der Waals surface area (Å²) in [5.41, 5.74) is 1.28. The second-order valence-corrected chi connectivity index (χ2v) is 7.13. The average Bonchev–Trinajstić information content (AvgIpc) is 3.11. The Labute approximate surface area is 163 Å². The first-order chi connectivity index (χ1) is 13.8. The fourth-order valence-corrected chi connectivity index (χ4v) is 3.99. The molecule has 152 valence electrons. The molecule has 1 fully saturated rings. The Morgan fingerprint density at radius 2 is 2.00 bits per heavy atom. The maximum atomic E-state index is 13.6. The van der Waals surface area contributed by atoms with E-state index in [2.05, 4.69) is 20.5 Å². The summed E-state index contributed by atoms with van der Waals surface area (Å²) in [5.74, 6) is -3.81. The van der Waals surface area contributed by atoms with E-state index in [1.165, 1.54) is 0 Å². The molecule has 0 radical (unpaired) electrons. The van der Waals surface area contributed by atoms with Crippen LogP contribution in [0, 0.1) is 11.3 Å². The molecule has 0 saturated carbocycles. The molecule has 2 aromatic rings. The van der Waals surface area contributed by atoms with E-state index in [0.717, 1.165) is 5.69 Å². The number of fused-ring (bicyclic) bond motifs is 1. The number of hydrogen-bond acceptors (Lipinski definition) is 6. The van der Waals surface area contributed by atoms with Crippen LogP contribution in [0.4, 0.5) is 24.7 Å². The molecule has 0 unspecified atom stereocenters. The van der Waals surface area contributed by atoms with E-state index < -0.39 is 24.1 Å². The summed E-state index contributed by atoms with van der Waals surface area (Å²) in [7, 11) is 0. The van der Waals surface area contributed by atoms with E-state index in [-0.39, 0.29) is 17.3 Å². The number of piperidine rings is 1. The molecular weight excluding hydrogens is 389 g/mol. The van der Waals surface area contributed by atoms with Crippen LogP contribution in [0.3, 0.4) is 0 Å². The number of alkyl halides is 3. The van der Waals surface area contributed by atoms with E-state index in [1.807, 2.05) is 11.0 Å². The van der Waals surface area contributed by atoms with E-state index >= 15 is 0 Å². The average molecular weight is 406 g/mol. The number of carbonyl (C=O) groups is 1. The summed E-state index contributed by atoms with van der Waals surface area (Å²) < 4.78 is 40.8. The molecule has 1 amide bonds. The van der Waals surface area contributed by atoms with Crippen molar-refractivity contribution >= 4 is 17.4 Å². The second-order valence-electron chi connectivity index (χ2n) is 7.13. The van der Waals surface area contributed by atoms with E-state index in [9.17, 15) is 23.1 Å². The number of aromatic amines is 1. The molecular formula is C18H17F3N6O2. The number of hydrogen-bond donors (Lipinski definition) is 3. The number of aromatic nitrogens is 3. The van der Waals surface area contributed by atoms with Gasteiger partial charge in [-0.2, -0.15) is 23.5 Å². The number of aliphatic hydroxyl groups excluding tert-OH is 1. The van der Waals surface area contributed by atoms with Gasteiger partial charge in [-0.15, -0.1) is 0 Å². The lowest BCUT2D eigenvalue weighted by atomic mass is 9.83. The van der Waals surface area contributed by atoms with Crippen molar-refractivity contribution in [3.63, 3.8) is 0 Å². The van der Waals surface area contributed by atoms with Gasteiger partial charge >= 0.3 is 6.18 Å². The molecule has 2 atom stereocenters. The maximum Gasteiger partial charge on any atom is 0.398 e. The number of nitriles is 1. The highest BCUT2D eigenvalue weighted by atomic mass is 19.4. The van der Waals surface area contributed by atoms with Crippen molar-refractivity contribution in [2.75, 3.05) is 23.3 Å². The highest BCUT2D eigenvalue weighted by Gasteiger charge is 2.53. The van der Waals surface area contributed by atoms with Crippen molar-refractivity contribution in [2.45, 2.75) is 37.0 Å². The van der Waals surface area contributed by atoms with Gasteiger partial charge in [0.1, 0.15) is 23.8 Å². The predicted molar refractivity (Wildman–Crippen MR) is 95.2 cm³/mol. The molecule has 8 nitrogen and oxygen atoms in total. The minimum atomic E-state index is -4.78. The minimum Gasteiger partial charge on any atom is -0.382 e. The van der Waals surface area contributed by atoms with Crippen LogP contribution in [0.1, 0.15) is 41.6 Å². The smallest absolute Gasteiger partial charge is 0.382 e. The van der Waals surface area contributed by atoms with Crippen LogP contribution in [0.25, 0.3) is 0 Å². The largest absolute Gasteiger partial charge is 0.398 e. The third kappa shape index (κ3) is 3.40. The Kier molecular flexibility index (Phi) is 4.66. The number of nitrogens with zero attached hydrogens (tertiary/aromatic N) is 4. The normalized spacial score (nSPS) is 22.7. The molecule has 2 aliphatic heterocycles. The Morgan fingerprint density at radius 1 is 1.28 bits per heavy atom. The van der Waals surface area contributed by atoms with Crippen LogP contribution in [-0.4, -0.2) is 51.6 Å². The number of aliphatic hydroxyl groups is 1. The molecule has 2 aliphatic rings. The van der Waals surface area contributed by atoms with Gasteiger partial charge in [-0.05, 0) is 25.0 Å². The van der Waals surface area contributed by atoms with Gasteiger partial charge in [0, 0.05) is 30.3 Å². The zero-order chi connectivity index (χ0) is 20.8. The standard InChI is InChI=1S/C18H17F3N6O2/c19-18(20,21)13-12-14(25-26-16(12)24-17(29)15(13)28)9-3-5-27(6-4-9)11-2-1-10(7-22)23-8-11/h1-2,8-9,13,15,28H,3-6H2,(H2,24,25,26,29)/t13-,15-/m1/s1. The monoisotopic (exact) mass is 406 g/mol. The third-order valence-corrected chi connectivity index (χ3v) is 5.45. The van der Waals surface area contributed by atoms with Gasteiger partial charge in [-0.1, -0.05) is 0 Å². The van der Waals surface area contributed by atoms with Crippen molar-refractivity contribution in [2.24, 2.45) is 0 Å². The maximum absolute atomic E-state index is 13.6. The van der Waals surface area contributed by atoms with Crippen LogP contribution in [0.15, 0.2) is 18.3 Å². The molecule has 4 rings (SSSR count). The summed E-state index contributed by atoms with van der Waals surface area (Å²) >= 11 is 0. The molecule has 4 heterocycles. The Hall–Kier alpha value is -3.13. The van der Waals surface area contributed by atoms with Crippen LogP contribution < -0.4 is 10.2 Å². The van der Waals surface area contributed by atoms with E-state index in [0.29, 0.717) is 37.3 Å². The summed E-state index contributed by atoms with van der Waals surface area (Å²) in [4.78, 5) is 17.8. The van der Waals surface area contributed by atoms with Crippen molar-refractivity contribution in [3.8, 4) is 6.07 Å². The SMILES string of the molecule is N#Cc1ccc(N2CCC(c3[nH]nc4c3[C@@H](C(F)(F)F)[C@@H](O)C(=O)N4)CC2)cn1. The highest BCUT2D eigenvalue weighted by Crippen LogP contribution is 2.47. The van der Waals surface area contributed by atoms with Crippen molar-refractivity contribution < 1.29 is 23.1 Å².